The molecule has 0 bridgehead atoms. The van der Waals surface area contributed by atoms with Crippen molar-refractivity contribution >= 4 is 40.9 Å². The maximum absolute atomic E-state index is 12.5. The van der Waals surface area contributed by atoms with Crippen LogP contribution in [0.15, 0.2) is 30.3 Å². The summed E-state index contributed by atoms with van der Waals surface area (Å²) in [6, 6.07) is 9.26. The predicted octanol–water partition coefficient (Wildman–Crippen LogP) is 2.35. The molecule has 4 N–H and O–H groups in total. The minimum absolute atomic E-state index is 0.0472. The second kappa shape index (κ2) is 22.1. The molecule has 0 heterocycles. The molecule has 0 saturated heterocycles. The molecule has 11 heteroatoms. The second-order valence-electron chi connectivity index (χ2n) is 10.2. The van der Waals surface area contributed by atoms with Crippen LogP contribution in [-0.2, 0) is 28.8 Å². The van der Waals surface area contributed by atoms with Gasteiger partial charge in [0.25, 0.3) is 0 Å². The van der Waals surface area contributed by atoms with Gasteiger partial charge in [0, 0.05) is 44.6 Å². The molecule has 228 valence electrons. The zero-order chi connectivity index (χ0) is 30.3. The van der Waals surface area contributed by atoms with Crippen LogP contribution in [0.3, 0.4) is 0 Å². The molecule has 0 fully saturated rings. The van der Waals surface area contributed by atoms with Gasteiger partial charge < -0.3 is 30.9 Å². The molecule has 0 unspecified atom stereocenters. The van der Waals surface area contributed by atoms with E-state index in [4.69, 9.17) is 0 Å². The van der Waals surface area contributed by atoms with Gasteiger partial charge in [-0.25, -0.2) is 0 Å². The first-order chi connectivity index (χ1) is 19.7. The van der Waals surface area contributed by atoms with Crippen molar-refractivity contribution in [3.8, 4) is 0 Å². The number of anilines is 1. The number of carbonyl (C=O) groups excluding carboxylic acids is 6. The lowest BCUT2D eigenvalue weighted by molar-refractivity contribution is -0.128. The lowest BCUT2D eigenvalue weighted by Crippen LogP contribution is -2.47. The molecule has 1 rings (SSSR count). The average molecular weight is 574 g/mol. The Bertz CT molecular complexity index is 969. The van der Waals surface area contributed by atoms with Crippen molar-refractivity contribution < 1.29 is 28.8 Å². The number of carbonyl (C=O) groups is 6. The summed E-state index contributed by atoms with van der Waals surface area (Å²) in [5.74, 6) is -0.771. The SMILES string of the molecule is CC(=O)CCCCCNC(=O)CN(CC(=O)NCCCCCC(=O)Nc1ccccc1)CC(=O)NCCCC(C)=O. The average Bonchev–Trinajstić information content (AvgIpc) is 2.90. The standard InChI is InChI=1S/C30H47N5O6/c1-24(36)13-6-4-10-18-31-28(39)21-35(23-30(41)33-20-12-14-25(2)37)22-29(40)32-19-11-5-9-17-27(38)34-26-15-7-3-8-16-26/h3,7-8,15-16H,4-6,9-14,17-23H2,1-2H3,(H,31,39)(H,32,40)(H,33,41)(H,34,38). The Morgan fingerprint density at radius 1 is 0.537 bits per heavy atom. The third-order valence-electron chi connectivity index (χ3n) is 6.12. The van der Waals surface area contributed by atoms with Crippen molar-refractivity contribution in [2.75, 3.05) is 44.6 Å². The van der Waals surface area contributed by atoms with E-state index in [1.807, 2.05) is 30.3 Å². The first-order valence-electron chi connectivity index (χ1n) is 14.5. The van der Waals surface area contributed by atoms with Crippen LogP contribution < -0.4 is 21.3 Å². The summed E-state index contributed by atoms with van der Waals surface area (Å²) in [6.07, 6.45) is 6.33. The van der Waals surface area contributed by atoms with Gasteiger partial charge in [0.1, 0.15) is 11.6 Å². The molecule has 0 spiro atoms. The van der Waals surface area contributed by atoms with E-state index < -0.39 is 0 Å². The Labute approximate surface area is 243 Å². The minimum atomic E-state index is -0.327. The fourth-order valence-electron chi connectivity index (χ4n) is 3.97. The lowest BCUT2D eigenvalue weighted by atomic mass is 10.1. The van der Waals surface area contributed by atoms with E-state index in [9.17, 15) is 28.8 Å². The summed E-state index contributed by atoms with van der Waals surface area (Å²) >= 11 is 0. The summed E-state index contributed by atoms with van der Waals surface area (Å²) in [5.41, 5.74) is 0.761. The smallest absolute Gasteiger partial charge is 0.234 e. The Kier molecular flexibility index (Phi) is 19.1. The molecule has 0 aliphatic rings. The van der Waals surface area contributed by atoms with E-state index in [0.717, 1.165) is 31.4 Å². The molecular weight excluding hydrogens is 526 g/mol. The number of hydrogen-bond donors (Lipinski definition) is 4. The van der Waals surface area contributed by atoms with Gasteiger partial charge in [0.15, 0.2) is 0 Å². The van der Waals surface area contributed by atoms with Crippen LogP contribution in [-0.4, -0.2) is 79.4 Å². The minimum Gasteiger partial charge on any atom is -0.355 e. The van der Waals surface area contributed by atoms with Crippen molar-refractivity contribution in [1.29, 1.82) is 0 Å². The predicted molar refractivity (Wildman–Crippen MR) is 158 cm³/mol. The number of Topliss-reactive ketones (excluding diaryl/α,β-unsaturated/α-hetero) is 2. The maximum Gasteiger partial charge on any atom is 0.234 e. The Morgan fingerprint density at radius 2 is 0.976 bits per heavy atom. The van der Waals surface area contributed by atoms with Crippen LogP contribution in [0.1, 0.15) is 78.1 Å². The van der Waals surface area contributed by atoms with E-state index in [2.05, 4.69) is 21.3 Å². The van der Waals surface area contributed by atoms with Crippen LogP contribution in [0.5, 0.6) is 0 Å². The van der Waals surface area contributed by atoms with Crippen LogP contribution in [0.25, 0.3) is 0 Å². The Balaban J connectivity index is 2.38. The van der Waals surface area contributed by atoms with Crippen molar-refractivity contribution in [2.24, 2.45) is 0 Å². The van der Waals surface area contributed by atoms with Crippen molar-refractivity contribution in [1.82, 2.24) is 20.9 Å². The van der Waals surface area contributed by atoms with Crippen molar-refractivity contribution in [3.05, 3.63) is 30.3 Å². The van der Waals surface area contributed by atoms with Gasteiger partial charge in [-0.05, 0) is 58.1 Å². The first kappa shape index (κ1) is 35.4. The number of benzene rings is 1. The van der Waals surface area contributed by atoms with Gasteiger partial charge in [-0.1, -0.05) is 31.0 Å². The molecule has 0 aliphatic carbocycles. The van der Waals surface area contributed by atoms with Gasteiger partial charge in [-0.15, -0.1) is 0 Å². The molecule has 0 saturated carbocycles. The van der Waals surface area contributed by atoms with Gasteiger partial charge in [-0.3, -0.25) is 24.1 Å². The molecular formula is C30H47N5O6. The fraction of sp³-hybridized carbons (Fsp3) is 0.600. The zero-order valence-electron chi connectivity index (χ0n) is 24.6. The Morgan fingerprint density at radius 3 is 1.46 bits per heavy atom. The molecule has 0 aliphatic heterocycles. The van der Waals surface area contributed by atoms with Crippen LogP contribution in [0.4, 0.5) is 5.69 Å². The topological polar surface area (TPSA) is 154 Å². The lowest BCUT2D eigenvalue weighted by Gasteiger charge is -2.21. The van der Waals surface area contributed by atoms with Crippen molar-refractivity contribution in [3.63, 3.8) is 0 Å². The number of nitrogens with zero attached hydrogens (tertiary/aromatic N) is 1. The van der Waals surface area contributed by atoms with Crippen LogP contribution in [0, 0.1) is 0 Å². The van der Waals surface area contributed by atoms with E-state index in [-0.39, 0.29) is 54.8 Å². The third kappa shape index (κ3) is 20.9. The largest absolute Gasteiger partial charge is 0.355 e. The highest BCUT2D eigenvalue weighted by Crippen LogP contribution is 2.07. The molecule has 1 aromatic rings. The van der Waals surface area contributed by atoms with Gasteiger partial charge in [0.2, 0.25) is 23.6 Å². The van der Waals surface area contributed by atoms with E-state index in [1.54, 1.807) is 6.92 Å². The number of hydrogen-bond acceptors (Lipinski definition) is 7. The molecule has 41 heavy (non-hydrogen) atoms. The second-order valence-corrected chi connectivity index (χ2v) is 10.2. The van der Waals surface area contributed by atoms with Crippen LogP contribution >= 0.6 is 0 Å². The summed E-state index contributed by atoms with van der Waals surface area (Å²) in [6.45, 7) is 3.91. The van der Waals surface area contributed by atoms with Crippen LogP contribution in [0.2, 0.25) is 0 Å². The monoisotopic (exact) mass is 573 g/mol. The third-order valence-corrected chi connectivity index (χ3v) is 6.12. The summed E-state index contributed by atoms with van der Waals surface area (Å²) in [7, 11) is 0. The number of rotatable bonds is 23. The highest BCUT2D eigenvalue weighted by molar-refractivity contribution is 5.90. The van der Waals surface area contributed by atoms with Gasteiger partial charge in [0.05, 0.1) is 19.6 Å². The molecule has 4 amide bonds. The van der Waals surface area contributed by atoms with Crippen molar-refractivity contribution in [2.45, 2.75) is 78.1 Å². The Hall–Kier alpha value is -3.60. The normalized spacial score (nSPS) is 10.6. The quantitative estimate of drug-likeness (QED) is 0.147. The molecule has 1 aromatic carbocycles. The highest BCUT2D eigenvalue weighted by Gasteiger charge is 2.17. The first-order valence-corrected chi connectivity index (χ1v) is 14.5. The molecule has 0 atom stereocenters. The molecule has 0 radical (unpaired) electrons. The van der Waals surface area contributed by atoms with E-state index in [1.165, 1.54) is 11.8 Å². The molecule has 11 nitrogen and oxygen atoms in total. The highest BCUT2D eigenvalue weighted by atomic mass is 16.2. The number of nitrogens with one attached hydrogen (secondary N) is 4. The van der Waals surface area contributed by atoms with E-state index >= 15 is 0 Å². The zero-order valence-corrected chi connectivity index (χ0v) is 24.6. The summed E-state index contributed by atoms with van der Waals surface area (Å²) < 4.78 is 0. The van der Waals surface area contributed by atoms with Gasteiger partial charge in [-0.2, -0.15) is 0 Å². The number of unbranched alkanes of at least 4 members (excludes halogenated alkanes) is 4. The van der Waals surface area contributed by atoms with Gasteiger partial charge >= 0.3 is 0 Å². The fourth-order valence-corrected chi connectivity index (χ4v) is 3.97. The van der Waals surface area contributed by atoms with E-state index in [0.29, 0.717) is 58.2 Å². The number of amides is 4. The maximum atomic E-state index is 12.5. The summed E-state index contributed by atoms with van der Waals surface area (Å²) in [5, 5.41) is 11.2. The number of para-hydroxylation sites is 1. The number of ketones is 2. The molecule has 0 aromatic heterocycles. The summed E-state index contributed by atoms with van der Waals surface area (Å²) in [4.78, 5) is 73.0.